The van der Waals surface area contributed by atoms with Crippen molar-refractivity contribution in [1.29, 1.82) is 0 Å². The minimum absolute atomic E-state index is 0.0279. The lowest BCUT2D eigenvalue weighted by molar-refractivity contribution is 0.0857. The van der Waals surface area contributed by atoms with Crippen molar-refractivity contribution < 1.29 is 9.84 Å². The van der Waals surface area contributed by atoms with E-state index < -0.39 is 11.6 Å². The molecule has 148 valence electrons. The molecule has 2 aliphatic rings. The van der Waals surface area contributed by atoms with Crippen LogP contribution in [0.4, 0.5) is 5.69 Å². The van der Waals surface area contributed by atoms with Crippen molar-refractivity contribution in [2.75, 3.05) is 5.32 Å². The Labute approximate surface area is 176 Å². The number of rotatable bonds is 1. The molecular weight excluding hydrogens is 382 g/mol. The van der Waals surface area contributed by atoms with Crippen LogP contribution in [0.5, 0.6) is 5.75 Å². The van der Waals surface area contributed by atoms with Crippen molar-refractivity contribution in [3.8, 4) is 16.9 Å². The van der Waals surface area contributed by atoms with Gasteiger partial charge in [0.05, 0.1) is 11.6 Å². The van der Waals surface area contributed by atoms with Crippen LogP contribution in [0, 0.1) is 0 Å². The van der Waals surface area contributed by atoms with Gasteiger partial charge in [-0.05, 0) is 54.8 Å². The van der Waals surface area contributed by atoms with Crippen molar-refractivity contribution >= 4 is 17.3 Å². The normalized spacial score (nSPS) is 23.8. The number of anilines is 1. The van der Waals surface area contributed by atoms with Crippen LogP contribution >= 0.6 is 11.6 Å². The van der Waals surface area contributed by atoms with Crippen molar-refractivity contribution in [2.24, 2.45) is 0 Å². The molecule has 3 aromatic carbocycles. The predicted molar refractivity (Wildman–Crippen MR) is 118 cm³/mol. The van der Waals surface area contributed by atoms with E-state index in [0.717, 1.165) is 39.3 Å². The average molecular weight is 406 g/mol. The second kappa shape index (κ2) is 6.51. The van der Waals surface area contributed by atoms with E-state index in [-0.39, 0.29) is 12.0 Å². The molecule has 5 rings (SSSR count). The van der Waals surface area contributed by atoms with Gasteiger partial charge in [-0.2, -0.15) is 0 Å². The molecule has 0 aliphatic carbocycles. The molecule has 4 heteroatoms. The van der Waals surface area contributed by atoms with Gasteiger partial charge in [-0.25, -0.2) is 0 Å². The van der Waals surface area contributed by atoms with E-state index in [4.69, 9.17) is 16.3 Å². The van der Waals surface area contributed by atoms with E-state index in [1.54, 1.807) is 0 Å². The molecule has 3 aromatic rings. The van der Waals surface area contributed by atoms with E-state index in [2.05, 4.69) is 30.4 Å². The zero-order chi connectivity index (χ0) is 20.3. The minimum atomic E-state index is -0.510. The highest BCUT2D eigenvalue weighted by Crippen LogP contribution is 2.52. The van der Waals surface area contributed by atoms with Gasteiger partial charge in [0.1, 0.15) is 11.9 Å². The Morgan fingerprint density at radius 3 is 2.41 bits per heavy atom. The minimum Gasteiger partial charge on any atom is -0.480 e. The van der Waals surface area contributed by atoms with Crippen LogP contribution in [-0.4, -0.2) is 16.7 Å². The number of halogens is 1. The second-order valence-electron chi connectivity index (χ2n) is 8.61. The van der Waals surface area contributed by atoms with E-state index in [1.807, 2.05) is 56.3 Å². The Kier molecular flexibility index (Phi) is 4.16. The molecule has 0 amide bonds. The summed E-state index contributed by atoms with van der Waals surface area (Å²) in [6.07, 6.45) is -0.769. The topological polar surface area (TPSA) is 41.5 Å². The molecule has 0 fully saturated rings. The van der Waals surface area contributed by atoms with Gasteiger partial charge in [-0.15, -0.1) is 0 Å². The van der Waals surface area contributed by atoms with Gasteiger partial charge in [0, 0.05) is 27.8 Å². The lowest BCUT2D eigenvalue weighted by Gasteiger charge is -2.45. The first kappa shape index (κ1) is 18.5. The van der Waals surface area contributed by atoms with Crippen LogP contribution in [0.25, 0.3) is 11.1 Å². The Morgan fingerprint density at radius 2 is 1.66 bits per heavy atom. The third-order valence-electron chi connectivity index (χ3n) is 6.27. The number of ether oxygens (including phenoxy) is 1. The number of fused-ring (bicyclic) bond motifs is 5. The Morgan fingerprint density at radius 1 is 0.931 bits per heavy atom. The lowest BCUT2D eigenvalue weighted by atomic mass is 9.74. The van der Waals surface area contributed by atoms with Gasteiger partial charge in [0.25, 0.3) is 0 Å². The standard InChI is InChI=1S/C25H24ClNO2/c1-14-21-19(27-25(2,3)24(14)28)13-12-18-17-6-4-5-7-20(17)29-23(22(18)21)15-8-10-16(26)11-9-15/h4-14,23-24,27-28H,1-3H3/t14-,23+,24+/m0/s1. The van der Waals surface area contributed by atoms with Gasteiger partial charge in [0.2, 0.25) is 0 Å². The number of aliphatic hydroxyl groups is 1. The van der Waals surface area contributed by atoms with E-state index in [0.29, 0.717) is 5.02 Å². The maximum Gasteiger partial charge on any atom is 0.150 e. The smallest absolute Gasteiger partial charge is 0.150 e. The Balaban J connectivity index is 1.79. The third-order valence-corrected chi connectivity index (χ3v) is 6.52. The SMILES string of the molecule is C[C@H]1c2c(ccc3c2[C@@H](c2ccc(Cl)cc2)Oc2ccccc2-3)NC(C)(C)[C@@H]1O. The van der Waals surface area contributed by atoms with Crippen molar-refractivity contribution in [3.05, 3.63) is 82.4 Å². The summed E-state index contributed by atoms with van der Waals surface area (Å²) in [6.45, 7) is 6.18. The number of aliphatic hydroxyl groups excluding tert-OH is 1. The molecule has 0 saturated heterocycles. The van der Waals surface area contributed by atoms with Crippen LogP contribution in [0.1, 0.15) is 49.5 Å². The zero-order valence-corrected chi connectivity index (χ0v) is 17.5. The second-order valence-corrected chi connectivity index (χ2v) is 9.05. The maximum atomic E-state index is 11.0. The van der Waals surface area contributed by atoms with Gasteiger partial charge in [-0.3, -0.25) is 0 Å². The van der Waals surface area contributed by atoms with Crippen LogP contribution in [0.3, 0.4) is 0 Å². The number of nitrogens with one attached hydrogen (secondary N) is 1. The highest BCUT2D eigenvalue weighted by Gasteiger charge is 2.42. The average Bonchev–Trinajstić information content (AvgIpc) is 2.71. The molecule has 2 aliphatic heterocycles. The zero-order valence-electron chi connectivity index (χ0n) is 16.7. The highest BCUT2D eigenvalue weighted by molar-refractivity contribution is 6.30. The lowest BCUT2D eigenvalue weighted by Crippen LogP contribution is -2.50. The van der Waals surface area contributed by atoms with Gasteiger partial charge in [0.15, 0.2) is 0 Å². The summed E-state index contributed by atoms with van der Waals surface area (Å²) < 4.78 is 6.53. The summed E-state index contributed by atoms with van der Waals surface area (Å²) in [5.41, 5.74) is 6.21. The molecule has 0 radical (unpaired) electrons. The van der Waals surface area contributed by atoms with Gasteiger partial charge in [-0.1, -0.05) is 54.9 Å². The van der Waals surface area contributed by atoms with Crippen LogP contribution in [0.15, 0.2) is 60.7 Å². The van der Waals surface area contributed by atoms with Crippen molar-refractivity contribution in [3.63, 3.8) is 0 Å². The summed E-state index contributed by atoms with van der Waals surface area (Å²) in [7, 11) is 0. The number of hydrogen-bond acceptors (Lipinski definition) is 3. The first-order valence-electron chi connectivity index (χ1n) is 10.0. The fraction of sp³-hybridized carbons (Fsp3) is 0.280. The van der Waals surface area contributed by atoms with E-state index in [1.165, 1.54) is 0 Å². The largest absolute Gasteiger partial charge is 0.480 e. The van der Waals surface area contributed by atoms with Crippen LogP contribution in [-0.2, 0) is 0 Å². The molecule has 0 unspecified atom stereocenters. The molecule has 0 saturated carbocycles. The molecule has 0 spiro atoms. The first-order chi connectivity index (χ1) is 13.9. The molecule has 29 heavy (non-hydrogen) atoms. The monoisotopic (exact) mass is 405 g/mol. The van der Waals surface area contributed by atoms with E-state index >= 15 is 0 Å². The van der Waals surface area contributed by atoms with Crippen LogP contribution < -0.4 is 10.1 Å². The summed E-state index contributed by atoms with van der Waals surface area (Å²) in [5, 5.41) is 15.3. The van der Waals surface area contributed by atoms with E-state index in [9.17, 15) is 5.11 Å². The summed E-state index contributed by atoms with van der Waals surface area (Å²) in [4.78, 5) is 0. The van der Waals surface area contributed by atoms with Gasteiger partial charge >= 0.3 is 0 Å². The maximum absolute atomic E-state index is 11.0. The third kappa shape index (κ3) is 2.84. The fourth-order valence-corrected chi connectivity index (χ4v) is 4.93. The molecular formula is C25H24ClNO2. The summed E-state index contributed by atoms with van der Waals surface area (Å²) in [6, 6.07) is 20.3. The van der Waals surface area contributed by atoms with Crippen molar-refractivity contribution in [2.45, 2.75) is 44.4 Å². The molecule has 2 heterocycles. The molecule has 3 atom stereocenters. The predicted octanol–water partition coefficient (Wildman–Crippen LogP) is 6.16. The highest BCUT2D eigenvalue weighted by atomic mass is 35.5. The summed E-state index contributed by atoms with van der Waals surface area (Å²) in [5.74, 6) is 0.845. The fourth-order valence-electron chi connectivity index (χ4n) is 4.81. The number of benzene rings is 3. The Bertz CT molecular complexity index is 1090. The summed E-state index contributed by atoms with van der Waals surface area (Å²) >= 11 is 6.14. The number of para-hydroxylation sites is 1. The first-order valence-corrected chi connectivity index (χ1v) is 10.4. The number of hydrogen-bond donors (Lipinski definition) is 2. The molecule has 3 nitrogen and oxygen atoms in total. The van der Waals surface area contributed by atoms with Gasteiger partial charge < -0.3 is 15.2 Å². The quantitative estimate of drug-likeness (QED) is 0.509. The molecule has 0 bridgehead atoms. The molecule has 2 N–H and O–H groups in total. The van der Waals surface area contributed by atoms with Crippen molar-refractivity contribution in [1.82, 2.24) is 0 Å². The van der Waals surface area contributed by atoms with Crippen LogP contribution in [0.2, 0.25) is 5.02 Å². The Hall–Kier alpha value is -2.49. The molecule has 0 aromatic heterocycles.